The second-order valence-corrected chi connectivity index (χ2v) is 7.26. The number of hydrogen-bond acceptors (Lipinski definition) is 9. The molecule has 0 radical (unpaired) electrons. The maximum absolute atomic E-state index is 11.0. The zero-order valence-electron chi connectivity index (χ0n) is 15.9. The van der Waals surface area contributed by atoms with Crippen molar-refractivity contribution in [2.75, 3.05) is 0 Å². The average Bonchev–Trinajstić information content (AvgIpc) is 2.49. The van der Waals surface area contributed by atoms with Crippen LogP contribution in [0, 0.1) is 0 Å². The van der Waals surface area contributed by atoms with E-state index in [2.05, 4.69) is 13.6 Å². The minimum atomic E-state index is -1.28. The van der Waals surface area contributed by atoms with Gasteiger partial charge in [0.15, 0.2) is 5.69 Å². The Bertz CT molecular complexity index is 581. The number of halogens is 2. The van der Waals surface area contributed by atoms with Crippen LogP contribution in [0.1, 0.15) is 62.4 Å². The fourth-order valence-corrected chi connectivity index (χ4v) is 2.98. The summed E-state index contributed by atoms with van der Waals surface area (Å²) in [5.74, 6) is -1.86. The highest BCUT2D eigenvalue weighted by Crippen LogP contribution is 2.29. The zero-order chi connectivity index (χ0) is 21.6. The predicted molar refractivity (Wildman–Crippen MR) is 97.5 cm³/mol. The molecule has 154 valence electrons. The first-order valence-corrected chi connectivity index (χ1v) is 8.27. The second kappa shape index (κ2) is 9.63. The van der Waals surface area contributed by atoms with E-state index in [1.165, 1.54) is 64.8 Å². The van der Waals surface area contributed by atoms with Crippen LogP contribution < -0.4 is 0 Å². The summed E-state index contributed by atoms with van der Waals surface area (Å²) in [5, 5.41) is 29.3. The number of nitrogens with zero attached hydrogens (tertiary/aromatic N) is 2. The fraction of sp³-hybridized carbons (Fsp3) is 0.562. The van der Waals surface area contributed by atoms with Gasteiger partial charge in [-0.3, -0.25) is 0 Å². The number of rotatable bonds is 5. The number of carbonyl (C=O) groups excluding carboxylic acids is 2. The molecule has 0 saturated heterocycles. The smallest absolute Gasteiger partial charge is 0.375 e. The van der Waals surface area contributed by atoms with Crippen LogP contribution in [0.4, 0.5) is 0 Å². The third kappa shape index (κ3) is 7.96. The van der Waals surface area contributed by atoms with Gasteiger partial charge in [-0.05, 0) is 53.7 Å². The van der Waals surface area contributed by atoms with Gasteiger partial charge in [-0.1, -0.05) is 0 Å². The van der Waals surface area contributed by atoms with Crippen LogP contribution in [0.3, 0.4) is 0 Å². The molecule has 0 aliphatic heterocycles. The zero-order valence-corrected chi connectivity index (χ0v) is 17.4. The van der Waals surface area contributed by atoms with E-state index < -0.39 is 29.1 Å². The van der Waals surface area contributed by atoms with Gasteiger partial charge in [0.2, 0.25) is 0 Å². The van der Waals surface area contributed by atoms with E-state index in [0.717, 1.165) is 0 Å². The molecule has 0 aliphatic rings. The molecule has 11 heteroatoms. The van der Waals surface area contributed by atoms with Crippen LogP contribution in [0.15, 0.2) is 18.3 Å². The van der Waals surface area contributed by atoms with Crippen LogP contribution in [0.2, 0.25) is 0 Å². The van der Waals surface area contributed by atoms with Gasteiger partial charge in [-0.15, -0.1) is 0 Å². The Labute approximate surface area is 167 Å². The number of aromatic nitrogens is 1. The normalized spacial score (nSPS) is 12.1. The number of hydrogen-bond donors (Lipinski definition) is 3. The van der Waals surface area contributed by atoms with Gasteiger partial charge in [-0.25, -0.2) is 19.5 Å². The molecule has 0 bridgehead atoms. The van der Waals surface area contributed by atoms with Gasteiger partial charge in [0.1, 0.15) is 40.9 Å². The molecule has 0 atom stereocenters. The van der Waals surface area contributed by atoms with Gasteiger partial charge in [-0.2, -0.15) is 0 Å². The molecule has 0 aliphatic carbocycles. The second-order valence-electron chi connectivity index (χ2n) is 6.95. The summed E-state index contributed by atoms with van der Waals surface area (Å²) >= 11 is 9.68. The standard InChI is InChI=1S/C9H21NO3.C7H3Cl2NO4/c1-7(2,11)10(8(3,4)12)9(5,6)13;8-13-6(11)4-2-1-3-10-5(4)7(12)14-9/h11-13H,1-6H3;1-3H. The highest BCUT2D eigenvalue weighted by atomic mass is 35.5. The maximum Gasteiger partial charge on any atom is 0.375 e. The molecule has 0 spiro atoms. The summed E-state index contributed by atoms with van der Waals surface area (Å²) in [4.78, 5) is 26.8. The summed E-state index contributed by atoms with van der Waals surface area (Å²) in [5.41, 5.74) is -4.22. The SMILES string of the molecule is CC(C)(O)N(C(C)(C)O)C(C)(C)O.O=C(OCl)c1cccnc1C(=O)OCl. The first kappa shape index (κ1) is 25.5. The molecule has 3 N–H and O–H groups in total. The Hall–Kier alpha value is -1.49. The summed E-state index contributed by atoms with van der Waals surface area (Å²) in [6, 6.07) is 2.75. The molecule has 0 unspecified atom stereocenters. The van der Waals surface area contributed by atoms with E-state index in [4.69, 9.17) is 23.7 Å². The largest absolute Gasteiger partial charge is 0.376 e. The van der Waals surface area contributed by atoms with Crippen molar-refractivity contribution in [3.8, 4) is 0 Å². The fourth-order valence-electron chi connectivity index (χ4n) is 2.82. The lowest BCUT2D eigenvalue weighted by Gasteiger charge is -2.49. The number of pyridine rings is 1. The lowest BCUT2D eigenvalue weighted by Crippen LogP contribution is -2.64. The molecular weight excluding hydrogens is 403 g/mol. The van der Waals surface area contributed by atoms with Gasteiger partial charge in [0.25, 0.3) is 0 Å². The first-order chi connectivity index (χ1) is 12.1. The lowest BCUT2D eigenvalue weighted by atomic mass is 10.1. The van der Waals surface area contributed by atoms with Gasteiger partial charge >= 0.3 is 11.9 Å². The van der Waals surface area contributed by atoms with E-state index in [1.807, 2.05) is 0 Å². The molecule has 0 fully saturated rings. The van der Waals surface area contributed by atoms with E-state index in [1.54, 1.807) is 0 Å². The van der Waals surface area contributed by atoms with Crippen molar-refractivity contribution < 1.29 is 33.5 Å². The van der Waals surface area contributed by atoms with Crippen LogP contribution in [-0.2, 0) is 8.58 Å². The Balaban J connectivity index is 0.000000503. The van der Waals surface area contributed by atoms with Crippen LogP contribution in [0.25, 0.3) is 0 Å². The quantitative estimate of drug-likeness (QED) is 0.606. The summed E-state index contributed by atoms with van der Waals surface area (Å²) in [7, 11) is 0. The highest BCUT2D eigenvalue weighted by Gasteiger charge is 2.43. The van der Waals surface area contributed by atoms with Gasteiger partial charge in [0, 0.05) is 6.20 Å². The van der Waals surface area contributed by atoms with Crippen molar-refractivity contribution in [3.05, 3.63) is 29.6 Å². The molecular formula is C16H24Cl2N2O7. The van der Waals surface area contributed by atoms with Crippen molar-refractivity contribution in [3.63, 3.8) is 0 Å². The summed E-state index contributed by atoms with van der Waals surface area (Å²) in [6.45, 7) is 9.10. The van der Waals surface area contributed by atoms with Crippen LogP contribution >= 0.6 is 23.7 Å². The minimum absolute atomic E-state index is 0.117. The lowest BCUT2D eigenvalue weighted by molar-refractivity contribution is -0.288. The van der Waals surface area contributed by atoms with E-state index in [-0.39, 0.29) is 11.3 Å². The average molecular weight is 427 g/mol. The monoisotopic (exact) mass is 426 g/mol. The van der Waals surface area contributed by atoms with Crippen molar-refractivity contribution in [1.29, 1.82) is 0 Å². The third-order valence-electron chi connectivity index (χ3n) is 3.00. The summed E-state index contributed by atoms with van der Waals surface area (Å²) in [6.07, 6.45) is 1.30. The number of aliphatic hydroxyl groups is 3. The Morgan fingerprint density at radius 3 is 1.63 bits per heavy atom. The van der Waals surface area contributed by atoms with Gasteiger partial charge < -0.3 is 23.9 Å². The van der Waals surface area contributed by atoms with Crippen LogP contribution in [0.5, 0.6) is 0 Å². The van der Waals surface area contributed by atoms with E-state index in [0.29, 0.717) is 0 Å². The van der Waals surface area contributed by atoms with E-state index in [9.17, 15) is 24.9 Å². The third-order valence-corrected chi connectivity index (χ3v) is 3.28. The van der Waals surface area contributed by atoms with Crippen molar-refractivity contribution in [2.45, 2.75) is 58.7 Å². The molecule has 0 aromatic carbocycles. The van der Waals surface area contributed by atoms with E-state index >= 15 is 0 Å². The molecule has 1 aromatic rings. The molecule has 1 rings (SSSR count). The Morgan fingerprint density at radius 2 is 1.33 bits per heavy atom. The minimum Gasteiger partial charge on any atom is -0.376 e. The van der Waals surface area contributed by atoms with Crippen molar-refractivity contribution >= 4 is 35.7 Å². The van der Waals surface area contributed by atoms with Crippen LogP contribution in [-0.4, -0.2) is 54.3 Å². The molecule has 9 nitrogen and oxygen atoms in total. The van der Waals surface area contributed by atoms with Crippen molar-refractivity contribution in [1.82, 2.24) is 9.88 Å². The number of carbonyl (C=O) groups is 2. The molecule has 27 heavy (non-hydrogen) atoms. The molecule has 1 aromatic heterocycles. The Kier molecular flexibility index (Phi) is 9.10. The Morgan fingerprint density at radius 1 is 0.926 bits per heavy atom. The summed E-state index contributed by atoms with van der Waals surface area (Å²) < 4.78 is 7.81. The van der Waals surface area contributed by atoms with Crippen molar-refractivity contribution in [2.24, 2.45) is 0 Å². The maximum atomic E-state index is 11.0. The molecule has 0 saturated carbocycles. The highest BCUT2D eigenvalue weighted by molar-refractivity contribution is 6.19. The first-order valence-electron chi connectivity index (χ1n) is 7.65. The van der Waals surface area contributed by atoms with Gasteiger partial charge in [0.05, 0.1) is 5.56 Å². The molecule has 1 heterocycles. The predicted octanol–water partition coefficient (Wildman–Crippen LogP) is 2.18. The topological polar surface area (TPSA) is 129 Å². The molecule has 0 amide bonds.